The maximum absolute atomic E-state index is 13.9. The van der Waals surface area contributed by atoms with Crippen LogP contribution in [0.25, 0.3) is 11.1 Å². The number of hydrogen-bond donors (Lipinski definition) is 0. The lowest BCUT2D eigenvalue weighted by molar-refractivity contribution is 0.416. The minimum absolute atomic E-state index is 0.342. The number of hydrogen-bond acceptors (Lipinski definition) is 1. The van der Waals surface area contributed by atoms with Crippen molar-refractivity contribution in [1.82, 2.24) is 0 Å². The van der Waals surface area contributed by atoms with Crippen molar-refractivity contribution in [3.63, 3.8) is 0 Å². The van der Waals surface area contributed by atoms with Crippen LogP contribution in [0, 0.1) is 5.82 Å². The van der Waals surface area contributed by atoms with Gasteiger partial charge in [-0.25, -0.2) is 4.39 Å². The molecule has 1 nitrogen and oxygen atoms in total. The van der Waals surface area contributed by atoms with E-state index in [1.807, 2.05) is 0 Å². The number of halogens is 3. The zero-order valence-corrected chi connectivity index (χ0v) is 11.3. The van der Waals surface area contributed by atoms with Crippen LogP contribution in [0.1, 0.15) is 0 Å². The Labute approximate surface area is 112 Å². The summed E-state index contributed by atoms with van der Waals surface area (Å²) in [6.07, 6.45) is 0. The number of ether oxygens (including phenoxy) is 1. The van der Waals surface area contributed by atoms with E-state index in [2.05, 4.69) is 15.9 Å². The molecule has 0 aliphatic carbocycles. The van der Waals surface area contributed by atoms with Gasteiger partial charge in [0.2, 0.25) is 0 Å². The van der Waals surface area contributed by atoms with E-state index in [1.165, 1.54) is 13.2 Å². The number of rotatable bonds is 2. The van der Waals surface area contributed by atoms with Crippen LogP contribution >= 0.6 is 27.5 Å². The summed E-state index contributed by atoms with van der Waals surface area (Å²) >= 11 is 9.31. The van der Waals surface area contributed by atoms with Crippen molar-refractivity contribution in [2.45, 2.75) is 0 Å². The lowest BCUT2D eigenvalue weighted by Gasteiger charge is -2.11. The van der Waals surface area contributed by atoms with Crippen LogP contribution in [0.5, 0.6) is 5.75 Å². The van der Waals surface area contributed by atoms with E-state index in [-0.39, 0.29) is 5.82 Å². The molecule has 0 saturated heterocycles. The third-order valence-corrected chi connectivity index (χ3v) is 3.20. The number of methoxy groups -OCH3 is 1. The van der Waals surface area contributed by atoms with Crippen molar-refractivity contribution in [3.05, 3.63) is 51.7 Å². The fourth-order valence-electron chi connectivity index (χ4n) is 1.63. The minimum Gasteiger partial charge on any atom is -0.496 e. The molecule has 0 aromatic heterocycles. The highest BCUT2D eigenvalue weighted by atomic mass is 79.9. The quantitative estimate of drug-likeness (QED) is 0.764. The van der Waals surface area contributed by atoms with E-state index >= 15 is 0 Å². The van der Waals surface area contributed by atoms with Gasteiger partial charge in [-0.15, -0.1) is 0 Å². The van der Waals surface area contributed by atoms with Crippen LogP contribution in [0.15, 0.2) is 40.9 Å². The van der Waals surface area contributed by atoms with Gasteiger partial charge in [-0.05, 0) is 24.3 Å². The van der Waals surface area contributed by atoms with Crippen LogP contribution in [-0.2, 0) is 0 Å². The van der Waals surface area contributed by atoms with Gasteiger partial charge in [-0.2, -0.15) is 0 Å². The molecule has 17 heavy (non-hydrogen) atoms. The van der Waals surface area contributed by atoms with Gasteiger partial charge in [0.05, 0.1) is 12.1 Å². The summed E-state index contributed by atoms with van der Waals surface area (Å²) in [5.41, 5.74) is 0.998. The van der Waals surface area contributed by atoms with Gasteiger partial charge in [-0.1, -0.05) is 39.7 Å². The Kier molecular flexibility index (Phi) is 3.69. The Balaban J connectivity index is 2.67. The summed E-state index contributed by atoms with van der Waals surface area (Å²) in [4.78, 5) is 0. The SMILES string of the molecule is COc1cccc(Cl)c1-c1ccc(Br)cc1F. The van der Waals surface area contributed by atoms with Gasteiger partial charge < -0.3 is 4.74 Å². The maximum Gasteiger partial charge on any atom is 0.132 e. The van der Waals surface area contributed by atoms with E-state index in [0.717, 1.165) is 0 Å². The van der Waals surface area contributed by atoms with Gasteiger partial charge in [0.25, 0.3) is 0 Å². The Bertz CT molecular complexity index is 557. The third kappa shape index (κ3) is 2.45. The second kappa shape index (κ2) is 5.07. The van der Waals surface area contributed by atoms with Crippen LogP contribution in [-0.4, -0.2) is 7.11 Å². The second-order valence-electron chi connectivity index (χ2n) is 3.44. The lowest BCUT2D eigenvalue weighted by Crippen LogP contribution is -1.91. The molecular formula is C13H9BrClFO. The van der Waals surface area contributed by atoms with E-state index in [4.69, 9.17) is 16.3 Å². The van der Waals surface area contributed by atoms with Crippen molar-refractivity contribution in [3.8, 4) is 16.9 Å². The first-order valence-corrected chi connectivity index (χ1v) is 6.08. The molecule has 2 rings (SSSR count). The van der Waals surface area contributed by atoms with Gasteiger partial charge >= 0.3 is 0 Å². The molecule has 0 unspecified atom stereocenters. The Morgan fingerprint density at radius 1 is 1.24 bits per heavy atom. The highest BCUT2D eigenvalue weighted by molar-refractivity contribution is 9.10. The van der Waals surface area contributed by atoms with Crippen LogP contribution in [0.2, 0.25) is 5.02 Å². The van der Waals surface area contributed by atoms with Crippen molar-refractivity contribution in [1.29, 1.82) is 0 Å². The molecule has 2 aromatic carbocycles. The lowest BCUT2D eigenvalue weighted by atomic mass is 10.0. The highest BCUT2D eigenvalue weighted by Gasteiger charge is 2.14. The Morgan fingerprint density at radius 2 is 2.00 bits per heavy atom. The van der Waals surface area contributed by atoms with Gasteiger partial charge in [0.15, 0.2) is 0 Å². The average Bonchev–Trinajstić information content (AvgIpc) is 2.30. The molecule has 0 aliphatic rings. The first kappa shape index (κ1) is 12.4. The smallest absolute Gasteiger partial charge is 0.132 e. The zero-order valence-electron chi connectivity index (χ0n) is 9.01. The first-order valence-electron chi connectivity index (χ1n) is 4.91. The molecule has 0 radical (unpaired) electrons. The van der Waals surface area contributed by atoms with Crippen molar-refractivity contribution < 1.29 is 9.13 Å². The van der Waals surface area contributed by atoms with Gasteiger partial charge in [-0.3, -0.25) is 0 Å². The maximum atomic E-state index is 13.9. The summed E-state index contributed by atoms with van der Waals surface area (Å²) in [5.74, 6) is 0.212. The highest BCUT2D eigenvalue weighted by Crippen LogP contribution is 2.38. The molecule has 0 amide bonds. The van der Waals surface area contributed by atoms with E-state index in [1.54, 1.807) is 30.3 Å². The van der Waals surface area contributed by atoms with Gasteiger partial charge in [0.1, 0.15) is 11.6 Å². The average molecular weight is 316 g/mol. The summed E-state index contributed by atoms with van der Waals surface area (Å²) in [7, 11) is 1.53. The summed E-state index contributed by atoms with van der Waals surface area (Å²) in [6.45, 7) is 0. The molecule has 0 bridgehead atoms. The molecule has 0 fully saturated rings. The summed E-state index contributed by atoms with van der Waals surface area (Å²) in [6, 6.07) is 10.1. The molecule has 88 valence electrons. The second-order valence-corrected chi connectivity index (χ2v) is 4.76. The van der Waals surface area contributed by atoms with Gasteiger partial charge in [0, 0.05) is 15.6 Å². The molecule has 0 N–H and O–H groups in total. The topological polar surface area (TPSA) is 9.23 Å². The summed E-state index contributed by atoms with van der Waals surface area (Å²) in [5, 5.41) is 0.463. The summed E-state index contributed by atoms with van der Waals surface area (Å²) < 4.78 is 19.8. The zero-order chi connectivity index (χ0) is 12.4. The van der Waals surface area contributed by atoms with Crippen LogP contribution in [0.3, 0.4) is 0 Å². The van der Waals surface area contributed by atoms with Crippen molar-refractivity contribution in [2.24, 2.45) is 0 Å². The standard InChI is InChI=1S/C13H9BrClFO/c1-17-12-4-2-3-10(15)13(12)9-6-5-8(14)7-11(9)16/h2-7H,1H3. The Hall–Kier alpha value is -1.06. The largest absolute Gasteiger partial charge is 0.496 e. The van der Waals surface area contributed by atoms with Crippen molar-refractivity contribution in [2.75, 3.05) is 7.11 Å². The molecule has 0 heterocycles. The third-order valence-electron chi connectivity index (χ3n) is 2.40. The Morgan fingerprint density at radius 3 is 2.65 bits per heavy atom. The predicted octanol–water partition coefficient (Wildman–Crippen LogP) is 4.92. The van der Waals surface area contributed by atoms with E-state index in [0.29, 0.717) is 26.4 Å². The first-order chi connectivity index (χ1) is 8.13. The predicted molar refractivity (Wildman–Crippen MR) is 71.1 cm³/mol. The van der Waals surface area contributed by atoms with Crippen LogP contribution in [0.4, 0.5) is 4.39 Å². The molecule has 4 heteroatoms. The normalized spacial score (nSPS) is 10.4. The molecule has 2 aromatic rings. The fraction of sp³-hybridized carbons (Fsp3) is 0.0769. The van der Waals surface area contributed by atoms with E-state index < -0.39 is 0 Å². The minimum atomic E-state index is -0.342. The fourth-order valence-corrected chi connectivity index (χ4v) is 2.23. The molecule has 0 atom stereocenters. The number of benzene rings is 2. The van der Waals surface area contributed by atoms with Crippen molar-refractivity contribution >= 4 is 27.5 Å². The molecule has 0 spiro atoms. The van der Waals surface area contributed by atoms with Crippen LogP contribution < -0.4 is 4.74 Å². The molecule has 0 aliphatic heterocycles. The molecular weight excluding hydrogens is 306 g/mol. The van der Waals surface area contributed by atoms with E-state index in [9.17, 15) is 4.39 Å². The monoisotopic (exact) mass is 314 g/mol. The molecule has 0 saturated carbocycles.